The van der Waals surface area contributed by atoms with Gasteiger partial charge in [0.2, 0.25) is 23.7 Å². The Labute approximate surface area is 389 Å². The molecule has 2 unspecified atom stereocenters. The molecule has 22 heteroatoms. The molecule has 356 valence electrons. The van der Waals surface area contributed by atoms with E-state index in [1.807, 2.05) is 0 Å². The molecule has 0 amide bonds. The van der Waals surface area contributed by atoms with Crippen molar-refractivity contribution in [3.63, 3.8) is 0 Å². The summed E-state index contributed by atoms with van der Waals surface area (Å²) in [5.74, 6) is 1.09. The monoisotopic (exact) mass is 934 g/mol. The lowest BCUT2D eigenvalue weighted by Crippen LogP contribution is -2.37. The summed E-state index contributed by atoms with van der Waals surface area (Å²) in [6, 6.07) is 18.1. The highest BCUT2D eigenvalue weighted by atomic mass is 19.1. The first kappa shape index (κ1) is 48.6. The number of rotatable bonds is 14. The molecule has 8 rings (SSSR count). The van der Waals surface area contributed by atoms with E-state index in [1.54, 1.807) is 62.4 Å². The number of pyridine rings is 2. The molecule has 4 aromatic heterocycles. The lowest BCUT2D eigenvalue weighted by Gasteiger charge is -2.26. The number of anilines is 2. The Kier molecular flexibility index (Phi) is 15.7. The molecule has 6 aromatic rings. The molecule has 68 heavy (non-hydrogen) atoms. The quantitative estimate of drug-likeness (QED) is 0.0728. The number of nitrogens with two attached hydrogens (primary N) is 4. The molecule has 6 heterocycles. The van der Waals surface area contributed by atoms with E-state index >= 15 is 0 Å². The normalized spacial score (nSPS) is 15.9. The predicted molar refractivity (Wildman–Crippen MR) is 249 cm³/mol. The third kappa shape index (κ3) is 11.4. The summed E-state index contributed by atoms with van der Waals surface area (Å²) >= 11 is 0. The summed E-state index contributed by atoms with van der Waals surface area (Å²) < 4.78 is 39.0. The second-order valence-electron chi connectivity index (χ2n) is 15.6. The number of amidine groups is 2. The Bertz CT molecular complexity index is 2630. The van der Waals surface area contributed by atoms with Gasteiger partial charge in [0.1, 0.15) is 18.2 Å². The summed E-state index contributed by atoms with van der Waals surface area (Å²) in [6.07, 6.45) is -0.0203. The van der Waals surface area contributed by atoms with Gasteiger partial charge in [-0.25, -0.2) is 49.6 Å². The highest BCUT2D eigenvalue weighted by Crippen LogP contribution is 2.38. The van der Waals surface area contributed by atoms with E-state index in [0.29, 0.717) is 92.7 Å². The number of aliphatic hydroxyl groups excluding tert-OH is 2. The number of nitrogens with one attached hydrogen (secondary N) is 2. The number of halogens is 2. The van der Waals surface area contributed by atoms with Crippen LogP contribution in [0.3, 0.4) is 0 Å². The Morgan fingerprint density at radius 1 is 0.676 bits per heavy atom. The average molecular weight is 935 g/mol. The molecule has 0 saturated heterocycles. The fourth-order valence-corrected chi connectivity index (χ4v) is 7.62. The lowest BCUT2D eigenvalue weighted by molar-refractivity contribution is 0.0114. The van der Waals surface area contributed by atoms with Crippen molar-refractivity contribution in [2.45, 2.75) is 50.9 Å². The van der Waals surface area contributed by atoms with Crippen LogP contribution in [0.1, 0.15) is 57.1 Å². The molecule has 12 N–H and O–H groups in total. The number of methoxy groups -OCH3 is 2. The molecule has 0 saturated carbocycles. The van der Waals surface area contributed by atoms with Crippen molar-refractivity contribution in [3.8, 4) is 34.3 Å². The maximum atomic E-state index is 14.3. The summed E-state index contributed by atoms with van der Waals surface area (Å²) in [5, 5.41) is 18.9. The molecule has 0 bridgehead atoms. The van der Waals surface area contributed by atoms with E-state index in [1.165, 1.54) is 38.5 Å². The van der Waals surface area contributed by atoms with Crippen molar-refractivity contribution in [3.05, 3.63) is 129 Å². The third-order valence-electron chi connectivity index (χ3n) is 10.8. The van der Waals surface area contributed by atoms with Crippen molar-refractivity contribution < 1.29 is 38.1 Å². The maximum absolute atomic E-state index is 14.3. The van der Waals surface area contributed by atoms with E-state index in [9.17, 15) is 13.9 Å². The second kappa shape index (κ2) is 22.0. The number of nitrogens with zero attached hydrogens (tertiary/aromatic N) is 8. The summed E-state index contributed by atoms with van der Waals surface area (Å²) in [4.78, 5) is 46.8. The van der Waals surface area contributed by atoms with Crippen molar-refractivity contribution in [2.24, 2.45) is 21.5 Å². The van der Waals surface area contributed by atoms with Crippen LogP contribution in [0, 0.1) is 25.5 Å². The van der Waals surface area contributed by atoms with Crippen LogP contribution < -0.4 is 43.4 Å². The molecule has 2 aromatic carbocycles. The van der Waals surface area contributed by atoms with Gasteiger partial charge < -0.3 is 42.6 Å². The zero-order valence-corrected chi connectivity index (χ0v) is 37.7. The summed E-state index contributed by atoms with van der Waals surface area (Å²) in [7, 11) is 3.04. The minimum atomic E-state index is -0.835. The van der Waals surface area contributed by atoms with Crippen LogP contribution in [0.4, 0.5) is 20.7 Å². The summed E-state index contributed by atoms with van der Waals surface area (Å²) in [5.41, 5.74) is 36.3. The number of hydrogen-bond donors (Lipinski definition) is 8. The average Bonchev–Trinajstić information content (AvgIpc) is 3.33. The topological polar surface area (TPSA) is 308 Å². The molecule has 20 nitrogen and oxygen atoms in total. The number of aromatic nitrogens is 6. The first-order valence-electron chi connectivity index (χ1n) is 21.3. The minimum absolute atomic E-state index is 0.0417. The van der Waals surface area contributed by atoms with Gasteiger partial charge in [0.05, 0.1) is 97.0 Å². The number of fused-ring (bicyclic) bond motifs is 2. The zero-order chi connectivity index (χ0) is 48.5. The van der Waals surface area contributed by atoms with Crippen molar-refractivity contribution in [2.75, 3.05) is 52.1 Å². The van der Waals surface area contributed by atoms with Crippen LogP contribution in [0.5, 0.6) is 11.8 Å². The number of benzene rings is 2. The van der Waals surface area contributed by atoms with E-state index < -0.39 is 35.9 Å². The van der Waals surface area contributed by atoms with Gasteiger partial charge in [-0.05, 0) is 61.4 Å². The Hall–Kier alpha value is -7.34. The number of hydroxylamine groups is 2. The fraction of sp³-hybridized carbons (Fsp3) is 0.304. The second-order valence-corrected chi connectivity index (χ2v) is 15.6. The first-order chi connectivity index (χ1) is 32.8. The van der Waals surface area contributed by atoms with E-state index in [-0.39, 0.29) is 38.3 Å². The molecule has 2 aliphatic rings. The van der Waals surface area contributed by atoms with Crippen LogP contribution in [0.2, 0.25) is 0 Å². The molecule has 4 atom stereocenters. The first-order valence-corrected chi connectivity index (χ1v) is 21.3. The highest BCUT2D eigenvalue weighted by Gasteiger charge is 2.31. The van der Waals surface area contributed by atoms with Crippen molar-refractivity contribution >= 4 is 23.6 Å². The third-order valence-corrected chi connectivity index (χ3v) is 10.8. The van der Waals surface area contributed by atoms with Gasteiger partial charge in [0.25, 0.3) is 0 Å². The highest BCUT2D eigenvalue weighted by molar-refractivity contribution is 6.02. The number of nitrogen functional groups attached to an aromatic ring is 2. The standard InChI is InChI=1S/2C23H26FN7O3/c1-12-21-19(30-23(26)27-12)9-18(29-22(21)31-34-11-14(25)10-32)15-7-6-13(24)8-16(15)17-4-3-5-20(28-17)33-2;1-12-21-19(30-23(26)27-12)9-18(29-22(21)31-34-11-14(32)10-25)15-7-6-13(24)8-16(15)17-4-3-5-20(28-17)33-2/h2*3-8,14,18,32H,9-11,25H2,1-2H3,(H,29,31)(H2,26,27,30)/t2*14?,18-/m11/s1. The van der Waals surface area contributed by atoms with E-state index in [2.05, 4.69) is 40.9 Å². The number of aryl methyl sites for hydroxylation is 2. The van der Waals surface area contributed by atoms with Gasteiger partial charge in [-0.2, -0.15) is 0 Å². The van der Waals surface area contributed by atoms with Gasteiger partial charge in [0.15, 0.2) is 11.7 Å². The van der Waals surface area contributed by atoms with Crippen LogP contribution >= 0.6 is 0 Å². The van der Waals surface area contributed by atoms with Gasteiger partial charge in [-0.1, -0.05) is 24.3 Å². The fourth-order valence-electron chi connectivity index (χ4n) is 7.62. The van der Waals surface area contributed by atoms with Crippen molar-refractivity contribution in [1.29, 1.82) is 0 Å². The van der Waals surface area contributed by atoms with Gasteiger partial charge >= 0.3 is 0 Å². The zero-order valence-electron chi connectivity index (χ0n) is 37.7. The molecule has 0 aliphatic carbocycles. The molecular weight excluding hydrogens is 883 g/mol. The van der Waals surface area contributed by atoms with Crippen molar-refractivity contribution in [1.82, 2.24) is 40.9 Å². The van der Waals surface area contributed by atoms with E-state index in [4.69, 9.17) is 57.2 Å². The maximum Gasteiger partial charge on any atom is 0.220 e. The van der Waals surface area contributed by atoms with Crippen LogP contribution in [0.15, 0.2) is 82.8 Å². The van der Waals surface area contributed by atoms with Crippen LogP contribution in [-0.4, -0.2) is 105 Å². The predicted octanol–water partition coefficient (Wildman–Crippen LogP) is 2.92. The minimum Gasteiger partial charge on any atom is -0.481 e. The molecule has 0 fully saturated rings. The molecular formula is C46H52F2N14O6. The number of hydrogen-bond acceptors (Lipinski definition) is 20. The number of aliphatic hydroxyl groups is 2. The van der Waals surface area contributed by atoms with E-state index in [0.717, 1.165) is 11.1 Å². The summed E-state index contributed by atoms with van der Waals surface area (Å²) in [6.45, 7) is 3.45. The molecule has 0 spiro atoms. The Morgan fingerprint density at radius 2 is 1.13 bits per heavy atom. The Balaban J connectivity index is 0.000000201. The smallest absolute Gasteiger partial charge is 0.220 e. The number of ether oxygens (including phenoxy) is 2. The SMILES string of the molecule is COc1cccc(-c2cc(F)ccc2[C@H]2Cc3nc(N)nc(C)c3C(NOCC(N)CO)=N2)n1.COc1cccc(-c2cc(F)ccc2[C@H]2Cc3nc(N)nc(C)c3C(NOCC(O)CN)=N2)n1. The largest absolute Gasteiger partial charge is 0.481 e. The molecule has 2 aliphatic heterocycles. The Morgan fingerprint density at radius 3 is 1.56 bits per heavy atom. The van der Waals surface area contributed by atoms with Gasteiger partial charge in [-0.15, -0.1) is 0 Å². The number of aliphatic imine (C=N–C) groups is 2. The van der Waals surface area contributed by atoms with Gasteiger partial charge in [-0.3, -0.25) is 19.7 Å². The molecule has 0 radical (unpaired) electrons. The van der Waals surface area contributed by atoms with Crippen LogP contribution in [-0.2, 0) is 22.5 Å². The van der Waals surface area contributed by atoms with Crippen LogP contribution in [0.25, 0.3) is 22.5 Å². The van der Waals surface area contributed by atoms with Gasteiger partial charge in [0, 0.05) is 42.6 Å². The lowest BCUT2D eigenvalue weighted by atomic mass is 9.91.